The third kappa shape index (κ3) is 3.31. The number of piperazine rings is 1. The predicted octanol–water partition coefficient (Wildman–Crippen LogP) is 4.00. The molecule has 1 saturated heterocycles. The molecule has 0 atom stereocenters. The number of halogens is 3. The van der Waals surface area contributed by atoms with Gasteiger partial charge in [-0.2, -0.15) is 13.2 Å². The molecule has 1 aromatic heterocycles. The van der Waals surface area contributed by atoms with Crippen LogP contribution in [0.25, 0.3) is 10.9 Å². The number of para-hydroxylation sites is 1. The molecule has 3 aromatic rings. The lowest BCUT2D eigenvalue weighted by Crippen LogP contribution is -2.48. The van der Waals surface area contributed by atoms with Crippen molar-refractivity contribution >= 4 is 22.4 Å². The molecule has 4 rings (SSSR count). The summed E-state index contributed by atoms with van der Waals surface area (Å²) in [4.78, 5) is 7.68. The van der Waals surface area contributed by atoms with Crippen LogP contribution in [0.1, 0.15) is 5.56 Å². The van der Waals surface area contributed by atoms with E-state index >= 15 is 0 Å². The number of H-pyrrole nitrogens is 1. The summed E-state index contributed by atoms with van der Waals surface area (Å²) >= 11 is 0. The van der Waals surface area contributed by atoms with Gasteiger partial charge in [-0.25, -0.2) is 4.98 Å². The van der Waals surface area contributed by atoms with E-state index in [9.17, 15) is 13.2 Å². The van der Waals surface area contributed by atoms with Crippen LogP contribution in [0.4, 0.5) is 24.7 Å². The number of anilines is 2. The number of alkyl halides is 3. The summed E-state index contributed by atoms with van der Waals surface area (Å²) < 4.78 is 38.7. The van der Waals surface area contributed by atoms with Gasteiger partial charge in [0.25, 0.3) is 5.82 Å². The second kappa shape index (κ2) is 6.52. The molecule has 0 spiro atoms. The average molecular weight is 358 g/mol. The van der Waals surface area contributed by atoms with Crippen molar-refractivity contribution in [2.75, 3.05) is 36.0 Å². The molecule has 0 aliphatic carbocycles. The second-order valence-electron chi connectivity index (χ2n) is 6.45. The molecule has 1 aliphatic heterocycles. The highest BCUT2D eigenvalue weighted by molar-refractivity contribution is 5.76. The largest absolute Gasteiger partial charge is 0.416 e. The Labute approximate surface area is 149 Å². The Hall–Kier alpha value is -2.76. The molecule has 2 heterocycles. The molecule has 134 valence electrons. The summed E-state index contributed by atoms with van der Waals surface area (Å²) in [5, 5.41) is 1.15. The minimum atomic E-state index is -4.31. The zero-order chi connectivity index (χ0) is 18.1. The minimum Gasteiger partial charge on any atom is -0.364 e. The van der Waals surface area contributed by atoms with Crippen LogP contribution in [0.15, 0.2) is 60.7 Å². The van der Waals surface area contributed by atoms with Crippen molar-refractivity contribution in [3.63, 3.8) is 0 Å². The van der Waals surface area contributed by atoms with Gasteiger partial charge in [0.1, 0.15) is 18.6 Å². The van der Waals surface area contributed by atoms with Crippen LogP contribution in [0.3, 0.4) is 0 Å². The van der Waals surface area contributed by atoms with E-state index in [2.05, 4.69) is 28.1 Å². The second-order valence-corrected chi connectivity index (χ2v) is 6.45. The number of aromatic amines is 1. The monoisotopic (exact) mass is 358 g/mol. The summed E-state index contributed by atoms with van der Waals surface area (Å²) in [6.45, 7) is 2.88. The number of hydrogen-bond donors (Lipinski definition) is 0. The van der Waals surface area contributed by atoms with Crippen molar-refractivity contribution in [1.82, 2.24) is 0 Å². The maximum Gasteiger partial charge on any atom is 0.416 e. The van der Waals surface area contributed by atoms with Gasteiger partial charge in [-0.15, -0.1) is 0 Å². The zero-order valence-electron chi connectivity index (χ0n) is 14.1. The first-order chi connectivity index (χ1) is 12.5. The topological polar surface area (TPSA) is 20.6 Å². The van der Waals surface area contributed by atoms with Gasteiger partial charge >= 0.3 is 6.18 Å². The quantitative estimate of drug-likeness (QED) is 0.690. The van der Waals surface area contributed by atoms with E-state index in [1.54, 1.807) is 6.07 Å². The summed E-state index contributed by atoms with van der Waals surface area (Å²) in [6, 6.07) is 17.8. The number of nitrogens with zero attached hydrogens (tertiary/aromatic N) is 2. The van der Waals surface area contributed by atoms with Crippen molar-refractivity contribution in [1.29, 1.82) is 0 Å². The summed E-state index contributed by atoms with van der Waals surface area (Å²) in [5.41, 5.74) is 1.10. The molecule has 0 radical (unpaired) electrons. The maximum absolute atomic E-state index is 12.9. The van der Waals surface area contributed by atoms with Crippen LogP contribution >= 0.6 is 0 Å². The Kier molecular flexibility index (Phi) is 4.18. The van der Waals surface area contributed by atoms with E-state index in [0.29, 0.717) is 18.8 Å². The molecule has 3 nitrogen and oxygen atoms in total. The molecule has 0 saturated carbocycles. The highest BCUT2D eigenvalue weighted by Crippen LogP contribution is 2.32. The van der Waals surface area contributed by atoms with Crippen molar-refractivity contribution in [3.8, 4) is 0 Å². The normalized spacial score (nSPS) is 15.5. The first kappa shape index (κ1) is 16.7. The molecule has 26 heavy (non-hydrogen) atoms. The van der Waals surface area contributed by atoms with E-state index in [1.807, 2.05) is 23.1 Å². The highest BCUT2D eigenvalue weighted by atomic mass is 19.4. The zero-order valence-corrected chi connectivity index (χ0v) is 14.1. The third-order valence-corrected chi connectivity index (χ3v) is 4.80. The molecule has 0 amide bonds. The lowest BCUT2D eigenvalue weighted by Gasteiger charge is -2.32. The molecular formula is C20H19F3N3+. The van der Waals surface area contributed by atoms with Crippen LogP contribution in [0.5, 0.6) is 0 Å². The van der Waals surface area contributed by atoms with Crippen LogP contribution in [0, 0.1) is 0 Å². The van der Waals surface area contributed by atoms with Gasteiger partial charge in [0, 0.05) is 17.1 Å². The van der Waals surface area contributed by atoms with Gasteiger partial charge in [-0.05, 0) is 30.3 Å². The molecule has 1 N–H and O–H groups in total. The number of benzene rings is 2. The maximum atomic E-state index is 12.9. The van der Waals surface area contributed by atoms with E-state index < -0.39 is 11.7 Å². The predicted molar refractivity (Wildman–Crippen MR) is 96.4 cm³/mol. The molecule has 1 aliphatic rings. The van der Waals surface area contributed by atoms with Gasteiger partial charge in [-0.3, -0.25) is 4.90 Å². The van der Waals surface area contributed by atoms with Gasteiger partial charge in [0.2, 0.25) is 0 Å². The number of pyridine rings is 1. The van der Waals surface area contributed by atoms with Crippen molar-refractivity contribution in [2.24, 2.45) is 0 Å². The molecular weight excluding hydrogens is 339 g/mol. The summed E-state index contributed by atoms with van der Waals surface area (Å²) in [7, 11) is 0. The van der Waals surface area contributed by atoms with Gasteiger partial charge in [0.15, 0.2) is 0 Å². The third-order valence-electron chi connectivity index (χ3n) is 4.80. The Bertz CT molecular complexity index is 915. The highest BCUT2D eigenvalue weighted by Gasteiger charge is 2.31. The standard InChI is InChI=1S/C20H18F3N3/c21-20(22,23)16-5-3-6-17(14-16)25-10-12-26(13-11-25)19-9-8-15-4-1-2-7-18(15)24-19/h1-9,14H,10-13H2/p+1. The van der Waals surface area contributed by atoms with Gasteiger partial charge in [0.05, 0.1) is 18.7 Å². The molecule has 1 fully saturated rings. The SMILES string of the molecule is FC(F)(F)c1cccc(N2CCN(c3ccc4ccccc4[nH+]3)CC2)c1. The molecule has 0 bridgehead atoms. The van der Waals surface area contributed by atoms with Crippen LogP contribution in [-0.2, 0) is 6.18 Å². The first-order valence-corrected chi connectivity index (χ1v) is 8.59. The van der Waals surface area contributed by atoms with Crippen LogP contribution < -0.4 is 14.8 Å². The van der Waals surface area contributed by atoms with E-state index in [-0.39, 0.29) is 0 Å². The first-order valence-electron chi connectivity index (χ1n) is 8.59. The Morgan fingerprint density at radius 1 is 0.769 bits per heavy atom. The minimum absolute atomic E-state index is 0.597. The smallest absolute Gasteiger partial charge is 0.364 e. The van der Waals surface area contributed by atoms with E-state index in [1.165, 1.54) is 12.1 Å². The Morgan fingerprint density at radius 2 is 1.50 bits per heavy atom. The van der Waals surface area contributed by atoms with E-state index in [0.717, 1.165) is 35.9 Å². The van der Waals surface area contributed by atoms with E-state index in [4.69, 9.17) is 0 Å². The molecule has 6 heteroatoms. The fourth-order valence-electron chi connectivity index (χ4n) is 3.37. The number of hydrogen-bond acceptors (Lipinski definition) is 2. The lowest BCUT2D eigenvalue weighted by molar-refractivity contribution is -0.330. The number of nitrogens with one attached hydrogen (secondary N) is 1. The summed E-state index contributed by atoms with van der Waals surface area (Å²) in [5.74, 6) is 1.03. The van der Waals surface area contributed by atoms with Crippen molar-refractivity contribution in [3.05, 3.63) is 66.2 Å². The van der Waals surface area contributed by atoms with Crippen molar-refractivity contribution in [2.45, 2.75) is 6.18 Å². The van der Waals surface area contributed by atoms with Crippen molar-refractivity contribution < 1.29 is 18.2 Å². The van der Waals surface area contributed by atoms with Crippen LogP contribution in [-0.4, -0.2) is 26.2 Å². The number of aromatic nitrogens is 1. The Balaban J connectivity index is 1.48. The fourth-order valence-corrected chi connectivity index (χ4v) is 3.37. The molecule has 0 unspecified atom stereocenters. The fraction of sp³-hybridized carbons (Fsp3) is 0.250. The lowest BCUT2D eigenvalue weighted by atomic mass is 10.1. The number of rotatable bonds is 2. The molecule has 2 aromatic carbocycles. The summed E-state index contributed by atoms with van der Waals surface area (Å²) in [6.07, 6.45) is -4.31. The average Bonchev–Trinajstić information content (AvgIpc) is 2.67. The van der Waals surface area contributed by atoms with Crippen LogP contribution in [0.2, 0.25) is 0 Å². The van der Waals surface area contributed by atoms with Gasteiger partial charge in [-0.1, -0.05) is 24.3 Å². The Morgan fingerprint density at radius 3 is 2.27 bits per heavy atom. The number of fused-ring (bicyclic) bond motifs is 1. The van der Waals surface area contributed by atoms with Gasteiger partial charge < -0.3 is 4.90 Å².